The average Bonchev–Trinajstić information content (AvgIpc) is 3.11. The molecule has 0 spiro atoms. The number of aryl methyl sites for hydroxylation is 1. The molecule has 3 rings (SSSR count). The maximum Gasteiger partial charge on any atom is 0.337 e. The third kappa shape index (κ3) is 4.57. The Labute approximate surface area is 169 Å². The topological polar surface area (TPSA) is 71.8 Å². The van der Waals surface area contributed by atoms with Gasteiger partial charge in [-0.15, -0.1) is 0 Å². The molecule has 0 saturated carbocycles. The normalized spacial score (nSPS) is 10.8. The summed E-state index contributed by atoms with van der Waals surface area (Å²) in [5, 5.41) is 4.40. The van der Waals surface area contributed by atoms with Crippen molar-refractivity contribution >= 4 is 12.0 Å². The Morgan fingerprint density at radius 2 is 1.76 bits per heavy atom. The number of carbonyl (C=O) groups is 1. The minimum absolute atomic E-state index is 0.319. The van der Waals surface area contributed by atoms with E-state index in [2.05, 4.69) is 5.10 Å². The molecule has 0 fully saturated rings. The fourth-order valence-corrected chi connectivity index (χ4v) is 2.79. The first-order valence-electron chi connectivity index (χ1n) is 8.87. The summed E-state index contributed by atoms with van der Waals surface area (Å²) in [5.41, 5.74) is 2.17. The number of hydrogen-bond donors (Lipinski definition) is 0. The first-order chi connectivity index (χ1) is 14.0. The summed E-state index contributed by atoms with van der Waals surface area (Å²) in [6, 6.07) is 14.4. The summed E-state index contributed by atoms with van der Waals surface area (Å²) in [4.78, 5) is 12.4. The Balaban J connectivity index is 1.80. The number of benzene rings is 2. The molecular weight excluding hydrogens is 372 g/mol. The van der Waals surface area contributed by atoms with Crippen LogP contribution in [0.15, 0.2) is 54.6 Å². The van der Waals surface area contributed by atoms with Gasteiger partial charge < -0.3 is 18.9 Å². The first-order valence-corrected chi connectivity index (χ1v) is 8.87. The summed E-state index contributed by atoms with van der Waals surface area (Å²) >= 11 is 0. The summed E-state index contributed by atoms with van der Waals surface area (Å²) in [6.07, 6.45) is 2.95. The van der Waals surface area contributed by atoms with Crippen molar-refractivity contribution in [1.29, 1.82) is 0 Å². The van der Waals surface area contributed by atoms with E-state index in [1.807, 2.05) is 43.3 Å². The largest absolute Gasteiger partial charge is 0.497 e. The summed E-state index contributed by atoms with van der Waals surface area (Å²) in [5.74, 6) is 1.63. The molecule has 0 unspecified atom stereocenters. The van der Waals surface area contributed by atoms with Crippen molar-refractivity contribution in [2.75, 3.05) is 21.3 Å². The van der Waals surface area contributed by atoms with Crippen LogP contribution >= 0.6 is 0 Å². The van der Waals surface area contributed by atoms with Crippen LogP contribution in [0.5, 0.6) is 23.1 Å². The summed E-state index contributed by atoms with van der Waals surface area (Å²) < 4.78 is 22.9. The van der Waals surface area contributed by atoms with Crippen molar-refractivity contribution in [3.63, 3.8) is 0 Å². The zero-order chi connectivity index (χ0) is 20.8. The van der Waals surface area contributed by atoms with Crippen LogP contribution in [0.2, 0.25) is 0 Å². The molecule has 0 N–H and O–H groups in total. The Morgan fingerprint density at radius 1 is 1.00 bits per heavy atom. The maximum atomic E-state index is 12.4. The second-order valence-corrected chi connectivity index (χ2v) is 6.07. The van der Waals surface area contributed by atoms with Crippen molar-refractivity contribution in [2.24, 2.45) is 0 Å². The molecule has 0 aliphatic rings. The van der Waals surface area contributed by atoms with Gasteiger partial charge in [-0.1, -0.05) is 12.1 Å². The fourth-order valence-electron chi connectivity index (χ4n) is 2.79. The number of hydrogen-bond acceptors (Lipinski definition) is 6. The number of methoxy groups -OCH3 is 3. The number of ether oxygens (including phenoxy) is 4. The van der Waals surface area contributed by atoms with Crippen molar-refractivity contribution in [3.8, 4) is 28.8 Å². The molecule has 0 bridgehead atoms. The smallest absolute Gasteiger partial charge is 0.337 e. The Kier molecular flexibility index (Phi) is 6.19. The van der Waals surface area contributed by atoms with Gasteiger partial charge in [-0.2, -0.15) is 5.10 Å². The Morgan fingerprint density at radius 3 is 2.41 bits per heavy atom. The molecule has 0 aliphatic carbocycles. The number of rotatable bonds is 7. The van der Waals surface area contributed by atoms with E-state index in [0.717, 1.165) is 17.1 Å². The maximum absolute atomic E-state index is 12.4. The van der Waals surface area contributed by atoms with Crippen LogP contribution < -0.4 is 18.9 Å². The van der Waals surface area contributed by atoms with E-state index >= 15 is 0 Å². The zero-order valence-electron chi connectivity index (χ0n) is 16.7. The molecule has 1 heterocycles. The van der Waals surface area contributed by atoms with Gasteiger partial charge in [0.05, 0.1) is 32.7 Å². The molecule has 150 valence electrons. The molecule has 2 aromatic carbocycles. The number of esters is 1. The van der Waals surface area contributed by atoms with Crippen LogP contribution in [-0.2, 0) is 4.79 Å². The first kappa shape index (κ1) is 20.0. The standard InChI is InChI=1S/C22H22N2O5/c1-15-14-20(24(23-15)17-9-11-18(26-2)12-10-17)29-21(25)13-8-16-6-5-7-19(27-3)22(16)28-4/h5-14H,1-4H3/b13-8+. The molecular formula is C22H22N2O5. The lowest BCUT2D eigenvalue weighted by atomic mass is 10.1. The van der Waals surface area contributed by atoms with Crippen molar-refractivity contribution in [1.82, 2.24) is 9.78 Å². The van der Waals surface area contributed by atoms with Gasteiger partial charge in [-0.25, -0.2) is 9.48 Å². The van der Waals surface area contributed by atoms with Crippen molar-refractivity contribution in [2.45, 2.75) is 6.92 Å². The lowest BCUT2D eigenvalue weighted by Gasteiger charge is -2.10. The SMILES string of the molecule is COc1ccc(-n2nc(C)cc2OC(=O)/C=C/c2cccc(OC)c2OC)cc1. The van der Waals surface area contributed by atoms with Gasteiger partial charge in [0.15, 0.2) is 11.5 Å². The third-order valence-corrected chi connectivity index (χ3v) is 4.15. The van der Waals surface area contributed by atoms with E-state index < -0.39 is 5.97 Å². The van der Waals surface area contributed by atoms with E-state index in [4.69, 9.17) is 18.9 Å². The van der Waals surface area contributed by atoms with Crippen LogP contribution in [0.4, 0.5) is 0 Å². The van der Waals surface area contributed by atoms with E-state index in [-0.39, 0.29) is 0 Å². The van der Waals surface area contributed by atoms with Gasteiger partial charge in [0, 0.05) is 17.7 Å². The number of nitrogens with zero attached hydrogens (tertiary/aromatic N) is 2. The number of para-hydroxylation sites is 1. The molecule has 0 amide bonds. The summed E-state index contributed by atoms with van der Waals surface area (Å²) in [6.45, 7) is 1.83. The van der Waals surface area contributed by atoms with Gasteiger partial charge in [0.2, 0.25) is 5.88 Å². The van der Waals surface area contributed by atoms with E-state index in [1.54, 1.807) is 44.2 Å². The minimum atomic E-state index is -0.537. The highest BCUT2D eigenvalue weighted by Gasteiger charge is 2.13. The predicted octanol–water partition coefficient (Wildman–Crippen LogP) is 3.83. The van der Waals surface area contributed by atoms with Crippen LogP contribution in [0.25, 0.3) is 11.8 Å². The van der Waals surface area contributed by atoms with Gasteiger partial charge in [0.1, 0.15) is 5.75 Å². The van der Waals surface area contributed by atoms with Crippen LogP contribution in [0.1, 0.15) is 11.3 Å². The molecule has 29 heavy (non-hydrogen) atoms. The highest BCUT2D eigenvalue weighted by molar-refractivity contribution is 5.89. The molecule has 3 aromatic rings. The Hall–Kier alpha value is -3.74. The fraction of sp³-hybridized carbons (Fsp3) is 0.182. The molecule has 7 nitrogen and oxygen atoms in total. The molecule has 0 radical (unpaired) electrons. The summed E-state index contributed by atoms with van der Waals surface area (Å²) in [7, 11) is 4.70. The number of carbonyl (C=O) groups excluding carboxylic acids is 1. The Bertz CT molecular complexity index is 1020. The molecule has 0 aliphatic heterocycles. The quantitative estimate of drug-likeness (QED) is 0.448. The highest BCUT2D eigenvalue weighted by Crippen LogP contribution is 2.31. The lowest BCUT2D eigenvalue weighted by molar-refractivity contribution is -0.129. The van der Waals surface area contributed by atoms with E-state index in [0.29, 0.717) is 22.9 Å². The van der Waals surface area contributed by atoms with Crippen LogP contribution in [0.3, 0.4) is 0 Å². The van der Waals surface area contributed by atoms with Crippen LogP contribution in [-0.4, -0.2) is 37.1 Å². The van der Waals surface area contributed by atoms with Crippen LogP contribution in [0, 0.1) is 6.92 Å². The minimum Gasteiger partial charge on any atom is -0.497 e. The van der Waals surface area contributed by atoms with Gasteiger partial charge >= 0.3 is 5.97 Å². The van der Waals surface area contributed by atoms with Gasteiger partial charge in [0.25, 0.3) is 0 Å². The monoisotopic (exact) mass is 394 g/mol. The number of aromatic nitrogens is 2. The second kappa shape index (κ2) is 8.97. The zero-order valence-corrected chi connectivity index (χ0v) is 16.7. The molecule has 0 atom stereocenters. The second-order valence-electron chi connectivity index (χ2n) is 6.07. The van der Waals surface area contributed by atoms with Crippen molar-refractivity contribution < 1.29 is 23.7 Å². The van der Waals surface area contributed by atoms with Gasteiger partial charge in [-0.05, 0) is 43.3 Å². The predicted molar refractivity (Wildman–Crippen MR) is 109 cm³/mol. The van der Waals surface area contributed by atoms with E-state index in [9.17, 15) is 4.79 Å². The molecule has 0 saturated heterocycles. The average molecular weight is 394 g/mol. The third-order valence-electron chi connectivity index (χ3n) is 4.15. The van der Waals surface area contributed by atoms with E-state index in [1.165, 1.54) is 6.08 Å². The van der Waals surface area contributed by atoms with Crippen molar-refractivity contribution in [3.05, 3.63) is 65.9 Å². The highest BCUT2D eigenvalue weighted by atomic mass is 16.5. The molecule has 7 heteroatoms. The van der Waals surface area contributed by atoms with Gasteiger partial charge in [-0.3, -0.25) is 0 Å². The lowest BCUT2D eigenvalue weighted by Crippen LogP contribution is -2.08. The molecule has 1 aromatic heterocycles.